The minimum atomic E-state index is -0.393. The monoisotopic (exact) mass is 409 g/mol. The number of ether oxygens (including phenoxy) is 1. The lowest BCUT2D eigenvalue weighted by Crippen LogP contribution is -2.35. The molecule has 30 heavy (non-hydrogen) atoms. The van der Waals surface area contributed by atoms with E-state index < -0.39 is 4.92 Å². The molecule has 7 nitrogen and oxygen atoms in total. The molecule has 1 atom stereocenters. The molecule has 158 valence electrons. The average Bonchev–Trinajstić information content (AvgIpc) is 2.77. The number of hydrogen-bond acceptors (Lipinski definition) is 5. The standard InChI is InChI=1S/C23H27N3O4/c1-16-8-10-25(11-9-16)20-7-6-19(13-21(20)26(28)29)23(27)24-14-17-12-18-4-2-3-5-22(18)30-15-17/h2-7,13,16-17H,8-12,14-15H2,1H3,(H,24,27)/t17-/m0/s1. The second kappa shape index (κ2) is 8.73. The van der Waals surface area contributed by atoms with Crippen LogP contribution in [0.2, 0.25) is 0 Å². The molecule has 1 N–H and O–H groups in total. The van der Waals surface area contributed by atoms with E-state index in [1.807, 2.05) is 24.3 Å². The predicted octanol–water partition coefficient (Wildman–Crippen LogP) is 3.81. The van der Waals surface area contributed by atoms with Crippen molar-refractivity contribution in [3.05, 3.63) is 63.7 Å². The Hall–Kier alpha value is -3.09. The lowest BCUT2D eigenvalue weighted by Gasteiger charge is -2.31. The number of benzene rings is 2. The maximum Gasteiger partial charge on any atom is 0.293 e. The number of para-hydroxylation sites is 1. The highest BCUT2D eigenvalue weighted by Gasteiger charge is 2.25. The molecule has 0 bridgehead atoms. The first-order chi connectivity index (χ1) is 14.5. The van der Waals surface area contributed by atoms with Crippen LogP contribution < -0.4 is 15.0 Å². The van der Waals surface area contributed by atoms with Gasteiger partial charge < -0.3 is 15.0 Å². The van der Waals surface area contributed by atoms with Gasteiger partial charge in [0, 0.05) is 37.2 Å². The number of hydrogen-bond donors (Lipinski definition) is 1. The minimum Gasteiger partial charge on any atom is -0.493 e. The first-order valence-corrected chi connectivity index (χ1v) is 10.5. The third-order valence-electron chi connectivity index (χ3n) is 6.07. The number of amides is 1. The Balaban J connectivity index is 1.41. The van der Waals surface area contributed by atoms with E-state index in [9.17, 15) is 14.9 Å². The largest absolute Gasteiger partial charge is 0.493 e. The summed E-state index contributed by atoms with van der Waals surface area (Å²) in [4.78, 5) is 26.0. The Kier molecular flexibility index (Phi) is 5.88. The molecule has 7 heteroatoms. The molecule has 1 saturated heterocycles. The third kappa shape index (κ3) is 4.40. The number of fused-ring (bicyclic) bond motifs is 1. The number of nitrogens with zero attached hydrogens (tertiary/aromatic N) is 2. The summed E-state index contributed by atoms with van der Waals surface area (Å²) in [5.74, 6) is 1.42. The van der Waals surface area contributed by atoms with Gasteiger partial charge in [0.2, 0.25) is 0 Å². The number of nitro groups is 1. The van der Waals surface area contributed by atoms with Gasteiger partial charge in [0.05, 0.1) is 11.5 Å². The molecule has 0 radical (unpaired) electrons. The quantitative estimate of drug-likeness (QED) is 0.600. The Morgan fingerprint density at radius 2 is 2.00 bits per heavy atom. The van der Waals surface area contributed by atoms with E-state index in [2.05, 4.69) is 17.1 Å². The molecule has 2 heterocycles. The highest BCUT2D eigenvalue weighted by atomic mass is 16.6. The van der Waals surface area contributed by atoms with Crippen LogP contribution in [0.25, 0.3) is 0 Å². The van der Waals surface area contributed by atoms with Crippen molar-refractivity contribution >= 4 is 17.3 Å². The highest BCUT2D eigenvalue weighted by Crippen LogP contribution is 2.32. The van der Waals surface area contributed by atoms with Crippen LogP contribution in [-0.2, 0) is 6.42 Å². The molecule has 1 amide bonds. The van der Waals surface area contributed by atoms with E-state index in [1.54, 1.807) is 12.1 Å². The molecule has 2 aromatic rings. The van der Waals surface area contributed by atoms with Crippen LogP contribution in [0.1, 0.15) is 35.7 Å². The molecule has 0 unspecified atom stereocenters. The molecule has 4 rings (SSSR count). The van der Waals surface area contributed by atoms with Crippen LogP contribution in [0.4, 0.5) is 11.4 Å². The van der Waals surface area contributed by atoms with Crippen molar-refractivity contribution in [2.45, 2.75) is 26.2 Å². The molecule has 2 aliphatic rings. The summed E-state index contributed by atoms with van der Waals surface area (Å²) < 4.78 is 5.77. The van der Waals surface area contributed by atoms with Gasteiger partial charge in [0.25, 0.3) is 11.6 Å². The SMILES string of the molecule is CC1CCN(c2ccc(C(=O)NC[C@H]3COc4ccccc4C3)cc2[N+](=O)[O-])CC1. The first-order valence-electron chi connectivity index (χ1n) is 10.5. The lowest BCUT2D eigenvalue weighted by atomic mass is 9.96. The minimum absolute atomic E-state index is 0.00729. The number of nitro benzene ring substituents is 1. The van der Waals surface area contributed by atoms with Gasteiger partial charge in [-0.05, 0) is 48.9 Å². The molecular weight excluding hydrogens is 382 g/mol. The van der Waals surface area contributed by atoms with E-state index in [0.717, 1.165) is 43.7 Å². The van der Waals surface area contributed by atoms with Crippen molar-refractivity contribution in [1.29, 1.82) is 0 Å². The molecule has 1 fully saturated rings. The van der Waals surface area contributed by atoms with Gasteiger partial charge in [-0.15, -0.1) is 0 Å². The summed E-state index contributed by atoms with van der Waals surface area (Å²) in [6.45, 7) is 4.82. The van der Waals surface area contributed by atoms with Crippen LogP contribution in [0.5, 0.6) is 5.75 Å². The number of nitrogens with one attached hydrogen (secondary N) is 1. The molecule has 0 spiro atoms. The zero-order chi connectivity index (χ0) is 21.1. The third-order valence-corrected chi connectivity index (χ3v) is 6.07. The van der Waals surface area contributed by atoms with E-state index in [-0.39, 0.29) is 17.5 Å². The zero-order valence-corrected chi connectivity index (χ0v) is 17.2. The number of carbonyl (C=O) groups is 1. The Morgan fingerprint density at radius 1 is 1.23 bits per heavy atom. The van der Waals surface area contributed by atoms with Gasteiger partial charge in [-0.3, -0.25) is 14.9 Å². The van der Waals surface area contributed by atoms with Crippen molar-refractivity contribution in [1.82, 2.24) is 5.32 Å². The Morgan fingerprint density at radius 3 is 2.77 bits per heavy atom. The van der Waals surface area contributed by atoms with Crippen molar-refractivity contribution in [3.63, 3.8) is 0 Å². The van der Waals surface area contributed by atoms with Crippen molar-refractivity contribution in [2.75, 3.05) is 31.1 Å². The number of carbonyl (C=O) groups excluding carboxylic acids is 1. The second-order valence-corrected chi connectivity index (χ2v) is 8.33. The fourth-order valence-corrected chi connectivity index (χ4v) is 4.19. The Labute approximate surface area is 176 Å². The predicted molar refractivity (Wildman–Crippen MR) is 115 cm³/mol. The second-order valence-electron chi connectivity index (χ2n) is 8.33. The maximum absolute atomic E-state index is 12.7. The van der Waals surface area contributed by atoms with Crippen LogP contribution in [0.15, 0.2) is 42.5 Å². The Bertz CT molecular complexity index is 938. The van der Waals surface area contributed by atoms with Crippen LogP contribution in [-0.4, -0.2) is 37.1 Å². The van der Waals surface area contributed by atoms with Gasteiger partial charge in [-0.2, -0.15) is 0 Å². The number of piperidine rings is 1. The van der Waals surface area contributed by atoms with Crippen LogP contribution >= 0.6 is 0 Å². The number of anilines is 1. The lowest BCUT2D eigenvalue weighted by molar-refractivity contribution is -0.384. The van der Waals surface area contributed by atoms with Crippen LogP contribution in [0.3, 0.4) is 0 Å². The van der Waals surface area contributed by atoms with Crippen molar-refractivity contribution in [2.24, 2.45) is 11.8 Å². The molecule has 0 saturated carbocycles. The number of rotatable bonds is 5. The summed E-state index contributed by atoms with van der Waals surface area (Å²) in [7, 11) is 0. The maximum atomic E-state index is 12.7. The summed E-state index contributed by atoms with van der Waals surface area (Å²) in [6, 6.07) is 12.7. The van der Waals surface area contributed by atoms with Gasteiger partial charge >= 0.3 is 0 Å². The molecule has 2 aromatic carbocycles. The fraction of sp³-hybridized carbons (Fsp3) is 0.435. The van der Waals surface area contributed by atoms with Gasteiger partial charge in [-0.25, -0.2) is 0 Å². The molecule has 0 aliphatic carbocycles. The van der Waals surface area contributed by atoms with Gasteiger partial charge in [0.15, 0.2) is 0 Å². The smallest absolute Gasteiger partial charge is 0.293 e. The van der Waals surface area contributed by atoms with Crippen molar-refractivity contribution in [3.8, 4) is 5.75 Å². The van der Waals surface area contributed by atoms with Gasteiger partial charge in [-0.1, -0.05) is 25.1 Å². The van der Waals surface area contributed by atoms with Crippen molar-refractivity contribution < 1.29 is 14.5 Å². The molecular formula is C23H27N3O4. The van der Waals surface area contributed by atoms with E-state index >= 15 is 0 Å². The average molecular weight is 409 g/mol. The molecule has 0 aromatic heterocycles. The van der Waals surface area contributed by atoms with E-state index in [0.29, 0.717) is 30.3 Å². The summed E-state index contributed by atoms with van der Waals surface area (Å²) in [5.41, 5.74) is 2.04. The van der Waals surface area contributed by atoms with E-state index in [1.165, 1.54) is 6.07 Å². The fourth-order valence-electron chi connectivity index (χ4n) is 4.19. The first kappa shape index (κ1) is 20.2. The summed E-state index contributed by atoms with van der Waals surface area (Å²) in [5, 5.41) is 14.6. The van der Waals surface area contributed by atoms with Gasteiger partial charge in [0.1, 0.15) is 11.4 Å². The van der Waals surface area contributed by atoms with Crippen LogP contribution in [0, 0.1) is 22.0 Å². The summed E-state index contributed by atoms with van der Waals surface area (Å²) >= 11 is 0. The summed E-state index contributed by atoms with van der Waals surface area (Å²) in [6.07, 6.45) is 2.88. The normalized spacial score (nSPS) is 19.0. The topological polar surface area (TPSA) is 84.7 Å². The molecule has 2 aliphatic heterocycles. The van der Waals surface area contributed by atoms with E-state index in [4.69, 9.17) is 4.74 Å². The zero-order valence-electron chi connectivity index (χ0n) is 17.2. The highest BCUT2D eigenvalue weighted by molar-refractivity contribution is 5.95.